The van der Waals surface area contributed by atoms with Crippen LogP contribution in [0.3, 0.4) is 0 Å². The van der Waals surface area contributed by atoms with E-state index in [2.05, 4.69) is 10.3 Å². The van der Waals surface area contributed by atoms with Gasteiger partial charge in [-0.25, -0.2) is 4.98 Å². The summed E-state index contributed by atoms with van der Waals surface area (Å²) in [6, 6.07) is 15.0. The third-order valence-electron chi connectivity index (χ3n) is 4.17. The number of para-hydroxylation sites is 1. The largest absolute Gasteiger partial charge is 0.497 e. The van der Waals surface area contributed by atoms with Gasteiger partial charge in [0.1, 0.15) is 5.75 Å². The number of nitrogens with zero attached hydrogens (tertiary/aromatic N) is 2. The van der Waals surface area contributed by atoms with Crippen LogP contribution in [-0.4, -0.2) is 34.9 Å². The lowest BCUT2D eigenvalue weighted by molar-refractivity contribution is -0.118. The first-order chi connectivity index (χ1) is 13.1. The first-order valence-corrected chi connectivity index (χ1v) is 9.55. The predicted molar refractivity (Wildman–Crippen MR) is 107 cm³/mol. The molecule has 0 aliphatic carbocycles. The normalized spacial score (nSPS) is 10.7. The van der Waals surface area contributed by atoms with Gasteiger partial charge < -0.3 is 10.1 Å². The third kappa shape index (κ3) is 4.68. The van der Waals surface area contributed by atoms with E-state index in [4.69, 9.17) is 4.74 Å². The first kappa shape index (κ1) is 19.0. The van der Waals surface area contributed by atoms with Crippen molar-refractivity contribution in [3.63, 3.8) is 0 Å². The van der Waals surface area contributed by atoms with Crippen molar-refractivity contribution in [2.24, 2.45) is 7.05 Å². The van der Waals surface area contributed by atoms with Crippen LogP contribution in [0.2, 0.25) is 0 Å². The highest BCUT2D eigenvalue weighted by Gasteiger charge is 2.10. The van der Waals surface area contributed by atoms with Gasteiger partial charge >= 0.3 is 0 Å². The number of hydrogen-bond acceptors (Lipinski definition) is 5. The van der Waals surface area contributed by atoms with Crippen LogP contribution in [0, 0.1) is 0 Å². The molecule has 2 aromatic carbocycles. The van der Waals surface area contributed by atoms with Gasteiger partial charge in [0, 0.05) is 13.6 Å². The molecule has 1 N–H and O–H groups in total. The first-order valence-electron chi connectivity index (χ1n) is 8.56. The average molecular weight is 383 g/mol. The zero-order chi connectivity index (χ0) is 19.2. The number of fused-ring (bicyclic) bond motifs is 1. The van der Waals surface area contributed by atoms with Crippen molar-refractivity contribution in [1.82, 2.24) is 14.9 Å². The molecule has 1 aromatic heterocycles. The molecule has 1 heterocycles. The molecule has 6 nitrogen and oxygen atoms in total. The van der Waals surface area contributed by atoms with Crippen LogP contribution >= 0.6 is 11.8 Å². The molecule has 0 unspecified atom stereocenters. The van der Waals surface area contributed by atoms with Gasteiger partial charge in [-0.1, -0.05) is 36.0 Å². The molecule has 1 amide bonds. The fourth-order valence-corrected chi connectivity index (χ4v) is 3.45. The standard InChI is InChI=1S/C20H21N3O3S/c1-23-19(25)16-5-3-4-6-17(16)22-20(23)27-13-18(24)21-12-11-14-7-9-15(26-2)10-8-14/h3-10H,11-13H2,1-2H3,(H,21,24). The monoisotopic (exact) mass is 383 g/mol. The summed E-state index contributed by atoms with van der Waals surface area (Å²) in [5, 5.41) is 4.00. The lowest BCUT2D eigenvalue weighted by Crippen LogP contribution is -2.28. The molecule has 0 saturated carbocycles. The molecule has 0 aliphatic rings. The lowest BCUT2D eigenvalue weighted by Gasteiger charge is -2.09. The zero-order valence-corrected chi connectivity index (χ0v) is 16.1. The zero-order valence-electron chi connectivity index (χ0n) is 15.3. The number of hydrogen-bond donors (Lipinski definition) is 1. The highest BCUT2D eigenvalue weighted by Crippen LogP contribution is 2.16. The van der Waals surface area contributed by atoms with E-state index >= 15 is 0 Å². The predicted octanol–water partition coefficient (Wildman–Crippen LogP) is 2.39. The van der Waals surface area contributed by atoms with Crippen molar-refractivity contribution in [2.75, 3.05) is 19.4 Å². The molecule has 0 saturated heterocycles. The second kappa shape index (κ2) is 8.73. The van der Waals surface area contributed by atoms with Gasteiger partial charge in [-0.15, -0.1) is 0 Å². The van der Waals surface area contributed by atoms with E-state index in [1.54, 1.807) is 26.3 Å². The third-order valence-corrected chi connectivity index (χ3v) is 5.20. The molecule has 3 aromatic rings. The van der Waals surface area contributed by atoms with E-state index in [0.717, 1.165) is 17.7 Å². The smallest absolute Gasteiger partial charge is 0.261 e. The Balaban J connectivity index is 1.53. The Morgan fingerprint density at radius 3 is 2.67 bits per heavy atom. The molecule has 0 spiro atoms. The second-order valence-electron chi connectivity index (χ2n) is 6.01. The molecule has 7 heteroatoms. The van der Waals surface area contributed by atoms with Gasteiger partial charge in [0.2, 0.25) is 5.91 Å². The maximum absolute atomic E-state index is 12.4. The van der Waals surface area contributed by atoms with Crippen molar-refractivity contribution in [3.8, 4) is 5.75 Å². The van der Waals surface area contributed by atoms with E-state index in [-0.39, 0.29) is 17.2 Å². The van der Waals surface area contributed by atoms with Crippen LogP contribution in [0.1, 0.15) is 5.56 Å². The molecule has 3 rings (SSSR count). The van der Waals surface area contributed by atoms with E-state index in [0.29, 0.717) is 22.6 Å². The summed E-state index contributed by atoms with van der Waals surface area (Å²) in [6.45, 7) is 0.551. The Hall–Kier alpha value is -2.80. The number of methoxy groups -OCH3 is 1. The molecule has 0 radical (unpaired) electrons. The van der Waals surface area contributed by atoms with E-state index in [1.807, 2.05) is 36.4 Å². The number of nitrogens with one attached hydrogen (secondary N) is 1. The molecule has 0 fully saturated rings. The number of carbonyl (C=O) groups excluding carboxylic acids is 1. The second-order valence-corrected chi connectivity index (χ2v) is 6.95. The quantitative estimate of drug-likeness (QED) is 0.501. The minimum Gasteiger partial charge on any atom is -0.497 e. The Morgan fingerprint density at radius 2 is 1.93 bits per heavy atom. The molecule has 140 valence electrons. The van der Waals surface area contributed by atoms with Crippen molar-refractivity contribution < 1.29 is 9.53 Å². The van der Waals surface area contributed by atoms with Crippen molar-refractivity contribution in [2.45, 2.75) is 11.6 Å². The van der Waals surface area contributed by atoms with Crippen molar-refractivity contribution in [3.05, 3.63) is 64.4 Å². The van der Waals surface area contributed by atoms with E-state index < -0.39 is 0 Å². The Kier molecular flexibility index (Phi) is 6.13. The number of thioether (sulfide) groups is 1. The minimum absolute atomic E-state index is 0.0871. The molecule has 0 bridgehead atoms. The maximum Gasteiger partial charge on any atom is 0.261 e. The summed E-state index contributed by atoms with van der Waals surface area (Å²) in [7, 11) is 3.30. The average Bonchev–Trinajstić information content (AvgIpc) is 2.70. The molecule has 0 atom stereocenters. The highest BCUT2D eigenvalue weighted by atomic mass is 32.2. The summed E-state index contributed by atoms with van der Waals surface area (Å²) < 4.78 is 6.61. The fourth-order valence-electron chi connectivity index (χ4n) is 2.65. The van der Waals surface area contributed by atoms with Crippen LogP contribution in [0.15, 0.2) is 58.5 Å². The summed E-state index contributed by atoms with van der Waals surface area (Å²) in [5.74, 6) is 0.935. The topological polar surface area (TPSA) is 73.2 Å². The fraction of sp³-hybridized carbons (Fsp3) is 0.250. The molecule has 0 aliphatic heterocycles. The van der Waals surface area contributed by atoms with Crippen LogP contribution in [0.5, 0.6) is 5.75 Å². The number of aromatic nitrogens is 2. The Bertz CT molecular complexity index is 1000. The van der Waals surface area contributed by atoms with Crippen molar-refractivity contribution >= 4 is 28.6 Å². The van der Waals surface area contributed by atoms with Gasteiger partial charge in [-0.05, 0) is 36.2 Å². The van der Waals surface area contributed by atoms with Crippen LogP contribution < -0.4 is 15.6 Å². The van der Waals surface area contributed by atoms with Gasteiger partial charge in [0.05, 0.1) is 23.8 Å². The summed E-state index contributed by atoms with van der Waals surface area (Å²) >= 11 is 1.26. The number of benzene rings is 2. The summed E-state index contributed by atoms with van der Waals surface area (Å²) in [5.41, 5.74) is 1.66. The Morgan fingerprint density at radius 1 is 1.19 bits per heavy atom. The lowest BCUT2D eigenvalue weighted by atomic mass is 10.1. The Labute approximate surface area is 161 Å². The van der Waals surface area contributed by atoms with Gasteiger partial charge in [-0.2, -0.15) is 0 Å². The molecule has 27 heavy (non-hydrogen) atoms. The summed E-state index contributed by atoms with van der Waals surface area (Å²) in [6.07, 6.45) is 0.743. The van der Waals surface area contributed by atoms with Crippen molar-refractivity contribution in [1.29, 1.82) is 0 Å². The molecular formula is C20H21N3O3S. The SMILES string of the molecule is COc1ccc(CCNC(=O)CSc2nc3ccccc3c(=O)n2C)cc1. The number of ether oxygens (including phenoxy) is 1. The van der Waals surface area contributed by atoms with Crippen LogP contribution in [0.4, 0.5) is 0 Å². The van der Waals surface area contributed by atoms with Crippen LogP contribution in [-0.2, 0) is 18.3 Å². The highest BCUT2D eigenvalue weighted by molar-refractivity contribution is 7.99. The number of carbonyl (C=O) groups is 1. The van der Waals surface area contributed by atoms with E-state index in [9.17, 15) is 9.59 Å². The van der Waals surface area contributed by atoms with Gasteiger partial charge in [0.25, 0.3) is 5.56 Å². The van der Waals surface area contributed by atoms with Gasteiger partial charge in [0.15, 0.2) is 5.16 Å². The number of rotatable bonds is 7. The summed E-state index contributed by atoms with van der Waals surface area (Å²) in [4.78, 5) is 29.0. The van der Waals surface area contributed by atoms with E-state index in [1.165, 1.54) is 16.3 Å². The maximum atomic E-state index is 12.4. The van der Waals surface area contributed by atoms with Gasteiger partial charge in [-0.3, -0.25) is 14.2 Å². The number of amides is 1. The molecular weight excluding hydrogens is 362 g/mol. The minimum atomic E-state index is -0.108. The van der Waals surface area contributed by atoms with Crippen LogP contribution in [0.25, 0.3) is 10.9 Å².